The van der Waals surface area contributed by atoms with Gasteiger partial charge in [0.15, 0.2) is 0 Å². The Balaban J connectivity index is 1.81. The number of nitrogens with zero attached hydrogens (tertiary/aromatic N) is 1. The van der Waals surface area contributed by atoms with Gasteiger partial charge in [0.2, 0.25) is 0 Å². The van der Waals surface area contributed by atoms with Gasteiger partial charge in [-0.05, 0) is 37.6 Å². The molecule has 3 rings (SSSR count). The molecule has 3 fully saturated rings. The monoisotopic (exact) mass is 165 g/mol. The van der Waals surface area contributed by atoms with Crippen LogP contribution < -0.4 is 0 Å². The van der Waals surface area contributed by atoms with E-state index in [2.05, 4.69) is 4.90 Å². The van der Waals surface area contributed by atoms with Gasteiger partial charge in [0.1, 0.15) is 0 Å². The van der Waals surface area contributed by atoms with Crippen molar-refractivity contribution in [2.75, 3.05) is 13.1 Å². The molecule has 0 amide bonds. The zero-order chi connectivity index (χ0) is 7.97. The highest BCUT2D eigenvalue weighted by Crippen LogP contribution is 2.44. The van der Waals surface area contributed by atoms with E-state index in [0.29, 0.717) is 0 Å². The topological polar surface area (TPSA) is 3.24 Å². The minimum Gasteiger partial charge on any atom is -0.300 e. The summed E-state index contributed by atoms with van der Waals surface area (Å²) in [5, 5.41) is 0. The van der Waals surface area contributed by atoms with Crippen molar-refractivity contribution in [3.63, 3.8) is 0 Å². The third-order valence-corrected chi connectivity index (χ3v) is 4.36. The molecular weight excluding hydrogens is 146 g/mol. The maximum atomic E-state index is 2.78. The van der Waals surface area contributed by atoms with Crippen molar-refractivity contribution in [1.82, 2.24) is 4.90 Å². The molecular formula is C11H19N. The smallest absolute Gasteiger partial charge is 0.0127 e. The third kappa shape index (κ3) is 0.953. The Hall–Kier alpha value is -0.0400. The molecule has 0 aromatic heterocycles. The van der Waals surface area contributed by atoms with Crippen molar-refractivity contribution in [2.24, 2.45) is 11.8 Å². The molecule has 1 saturated carbocycles. The maximum absolute atomic E-state index is 2.78. The first kappa shape index (κ1) is 7.37. The molecule has 2 saturated heterocycles. The van der Waals surface area contributed by atoms with Crippen LogP contribution in [0.15, 0.2) is 0 Å². The summed E-state index contributed by atoms with van der Waals surface area (Å²) in [4.78, 5) is 2.78. The fourth-order valence-corrected chi connectivity index (χ4v) is 3.79. The average molecular weight is 165 g/mol. The number of piperidine rings is 1. The predicted octanol–water partition coefficient (Wildman–Crippen LogP) is 2.27. The lowest BCUT2D eigenvalue weighted by atomic mass is 9.83. The predicted molar refractivity (Wildman–Crippen MR) is 50.0 cm³/mol. The second-order valence-electron chi connectivity index (χ2n) is 4.91. The zero-order valence-electron chi connectivity index (χ0n) is 7.84. The minimum atomic E-state index is 1.02. The summed E-state index contributed by atoms with van der Waals surface area (Å²) in [7, 11) is 0. The van der Waals surface area contributed by atoms with E-state index >= 15 is 0 Å². The van der Waals surface area contributed by atoms with Crippen LogP contribution in [-0.4, -0.2) is 24.0 Å². The average Bonchev–Trinajstić information content (AvgIpc) is 2.58. The number of fused-ring (bicyclic) bond motifs is 5. The van der Waals surface area contributed by atoms with E-state index < -0.39 is 0 Å². The van der Waals surface area contributed by atoms with Gasteiger partial charge in [0, 0.05) is 12.6 Å². The zero-order valence-corrected chi connectivity index (χ0v) is 7.84. The van der Waals surface area contributed by atoms with Crippen molar-refractivity contribution >= 4 is 0 Å². The first-order chi connectivity index (χ1) is 5.95. The first-order valence-corrected chi connectivity index (χ1v) is 5.69. The van der Waals surface area contributed by atoms with Gasteiger partial charge in [-0.15, -0.1) is 0 Å². The Morgan fingerprint density at radius 3 is 2.83 bits per heavy atom. The Morgan fingerprint density at radius 1 is 0.917 bits per heavy atom. The molecule has 2 bridgehead atoms. The summed E-state index contributed by atoms with van der Waals surface area (Å²) in [6, 6.07) is 1.02. The van der Waals surface area contributed by atoms with Crippen molar-refractivity contribution in [3.05, 3.63) is 0 Å². The molecule has 0 aromatic rings. The molecule has 0 radical (unpaired) electrons. The lowest BCUT2D eigenvalue weighted by Gasteiger charge is -2.30. The molecule has 2 aliphatic heterocycles. The molecule has 4 atom stereocenters. The fraction of sp³-hybridized carbons (Fsp3) is 1.00. The van der Waals surface area contributed by atoms with Crippen LogP contribution in [0.3, 0.4) is 0 Å². The van der Waals surface area contributed by atoms with E-state index in [1.165, 1.54) is 45.2 Å². The normalized spacial score (nSPS) is 52.0. The minimum absolute atomic E-state index is 1.02. The van der Waals surface area contributed by atoms with Crippen LogP contribution >= 0.6 is 0 Å². The van der Waals surface area contributed by atoms with E-state index in [-0.39, 0.29) is 0 Å². The summed E-state index contributed by atoms with van der Waals surface area (Å²) in [6.45, 7) is 2.88. The summed E-state index contributed by atoms with van der Waals surface area (Å²) in [5.74, 6) is 2.22. The molecule has 68 valence electrons. The fourth-order valence-electron chi connectivity index (χ4n) is 3.79. The van der Waals surface area contributed by atoms with Crippen LogP contribution in [-0.2, 0) is 0 Å². The van der Waals surface area contributed by atoms with Crippen LogP contribution in [0.25, 0.3) is 0 Å². The lowest BCUT2D eigenvalue weighted by Crippen LogP contribution is -2.34. The van der Waals surface area contributed by atoms with Gasteiger partial charge in [-0.1, -0.05) is 19.3 Å². The largest absolute Gasteiger partial charge is 0.300 e. The van der Waals surface area contributed by atoms with E-state index in [4.69, 9.17) is 0 Å². The Labute approximate surface area is 75.1 Å². The van der Waals surface area contributed by atoms with Crippen LogP contribution in [0.4, 0.5) is 0 Å². The quantitative estimate of drug-likeness (QED) is 0.532. The standard InChI is InChI=1S/C11H19N/c1-2-4-10-9-6-7-12(8-9)11(10)5-3-1/h9-11H,1-8H2. The van der Waals surface area contributed by atoms with Gasteiger partial charge in [-0.25, -0.2) is 0 Å². The van der Waals surface area contributed by atoms with E-state index in [1.807, 2.05) is 0 Å². The number of hydrogen-bond acceptors (Lipinski definition) is 1. The summed E-state index contributed by atoms with van der Waals surface area (Å²) < 4.78 is 0. The van der Waals surface area contributed by atoms with Gasteiger partial charge >= 0.3 is 0 Å². The second kappa shape index (κ2) is 2.73. The molecule has 1 heteroatoms. The van der Waals surface area contributed by atoms with Crippen LogP contribution in [0, 0.1) is 11.8 Å². The molecule has 2 heterocycles. The van der Waals surface area contributed by atoms with Gasteiger partial charge in [0.25, 0.3) is 0 Å². The molecule has 0 N–H and O–H groups in total. The Morgan fingerprint density at radius 2 is 1.83 bits per heavy atom. The highest BCUT2D eigenvalue weighted by atomic mass is 15.2. The maximum Gasteiger partial charge on any atom is 0.0127 e. The Kier molecular flexibility index (Phi) is 1.68. The summed E-state index contributed by atoms with van der Waals surface area (Å²) >= 11 is 0. The van der Waals surface area contributed by atoms with Crippen LogP contribution in [0.1, 0.15) is 38.5 Å². The lowest BCUT2D eigenvalue weighted by molar-refractivity contribution is 0.188. The van der Waals surface area contributed by atoms with E-state index in [1.54, 1.807) is 6.42 Å². The highest BCUT2D eigenvalue weighted by molar-refractivity contribution is 4.98. The van der Waals surface area contributed by atoms with Crippen LogP contribution in [0.5, 0.6) is 0 Å². The molecule has 1 nitrogen and oxygen atoms in total. The highest BCUT2D eigenvalue weighted by Gasteiger charge is 2.45. The summed E-state index contributed by atoms with van der Waals surface area (Å²) in [5.41, 5.74) is 0. The number of hydrogen-bond donors (Lipinski definition) is 0. The van der Waals surface area contributed by atoms with Crippen LogP contribution in [0.2, 0.25) is 0 Å². The molecule has 0 aromatic carbocycles. The van der Waals surface area contributed by atoms with Gasteiger partial charge < -0.3 is 0 Å². The van der Waals surface area contributed by atoms with Crippen molar-refractivity contribution < 1.29 is 0 Å². The van der Waals surface area contributed by atoms with Gasteiger partial charge in [0.05, 0.1) is 0 Å². The first-order valence-electron chi connectivity index (χ1n) is 5.69. The number of rotatable bonds is 0. The third-order valence-electron chi connectivity index (χ3n) is 4.36. The molecule has 3 aliphatic rings. The second-order valence-corrected chi connectivity index (χ2v) is 4.91. The van der Waals surface area contributed by atoms with Crippen molar-refractivity contribution in [2.45, 2.75) is 44.6 Å². The van der Waals surface area contributed by atoms with Crippen molar-refractivity contribution in [3.8, 4) is 0 Å². The SMILES string of the molecule is C1CCC2C3CCN(C3)C2CC1. The Bertz CT molecular complexity index is 160. The molecule has 12 heavy (non-hydrogen) atoms. The van der Waals surface area contributed by atoms with E-state index in [0.717, 1.165) is 17.9 Å². The molecule has 1 aliphatic carbocycles. The van der Waals surface area contributed by atoms with Gasteiger partial charge in [-0.3, -0.25) is 4.90 Å². The summed E-state index contributed by atoms with van der Waals surface area (Å²) in [6.07, 6.45) is 9.11. The van der Waals surface area contributed by atoms with Crippen molar-refractivity contribution in [1.29, 1.82) is 0 Å². The molecule has 0 spiro atoms. The molecule has 4 unspecified atom stereocenters. The van der Waals surface area contributed by atoms with E-state index in [9.17, 15) is 0 Å². The van der Waals surface area contributed by atoms with Gasteiger partial charge in [-0.2, -0.15) is 0 Å².